The molecular weight excluding hydrogens is 326 g/mol. The normalized spacial score (nSPS) is 13.5. The van der Waals surface area contributed by atoms with Crippen LogP contribution in [0.3, 0.4) is 0 Å². The lowest BCUT2D eigenvalue weighted by Gasteiger charge is -1.89. The Bertz CT molecular complexity index is 591. The third-order valence-electron chi connectivity index (χ3n) is 3.09. The second-order valence-corrected chi connectivity index (χ2v) is 5.28. The van der Waals surface area contributed by atoms with Crippen molar-refractivity contribution in [2.75, 3.05) is 0 Å². The molecule has 0 saturated heterocycles. The average Bonchev–Trinajstić information content (AvgIpc) is 2.63. The number of carbonyl (C=O) groups excluding carboxylic acids is 1. The van der Waals surface area contributed by atoms with E-state index in [-0.39, 0.29) is 5.70 Å². The lowest BCUT2D eigenvalue weighted by molar-refractivity contribution is -0.419. The molecule has 0 aromatic heterocycles. The van der Waals surface area contributed by atoms with E-state index in [1.54, 1.807) is 18.2 Å². The van der Waals surface area contributed by atoms with Gasteiger partial charge in [0.2, 0.25) is 0 Å². The lowest BCUT2D eigenvalue weighted by Crippen LogP contribution is -1.94. The number of rotatable bonds is 14. The summed E-state index contributed by atoms with van der Waals surface area (Å²) >= 11 is 0. The summed E-state index contributed by atoms with van der Waals surface area (Å²) in [6.45, 7) is 2.09. The van der Waals surface area contributed by atoms with Crippen molar-refractivity contribution >= 4 is 6.29 Å². The summed E-state index contributed by atoms with van der Waals surface area (Å²) in [5, 5.41) is 11.0. The summed E-state index contributed by atoms with van der Waals surface area (Å²) in [6, 6.07) is 0. The largest absolute Gasteiger partial charge is 0.291 e. The fourth-order valence-electron chi connectivity index (χ4n) is 1.79. The molecule has 0 amide bonds. The minimum Gasteiger partial charge on any atom is -0.291 e. The molecule has 0 fully saturated rings. The molecule has 0 atom stereocenters. The Morgan fingerprint density at radius 1 is 0.885 bits per heavy atom. The second-order valence-electron chi connectivity index (χ2n) is 5.28. The smallest absolute Gasteiger partial charge is 0.269 e. The van der Waals surface area contributed by atoms with Crippen molar-refractivity contribution in [1.29, 1.82) is 0 Å². The van der Waals surface area contributed by atoms with Gasteiger partial charge in [0.1, 0.15) is 0 Å². The van der Waals surface area contributed by atoms with Crippen LogP contribution in [0.1, 0.15) is 45.4 Å². The zero-order valence-electron chi connectivity index (χ0n) is 15.4. The standard InChI is InChI=1S/C22H28NO3/c1-2-3-4-5-6-10-13-16-19-22(23(25)26)20-17-14-11-8-7-9-12-15-18-21-24/h3-4,6,8-12,14,16-17,19-20H,2,5,7,13,15,18H2,1H3/b4-3+,10-6+,11-8+,12-9+,17-14+,19-16+,22-20-. The van der Waals surface area contributed by atoms with E-state index < -0.39 is 4.92 Å². The third kappa shape index (κ3) is 16.1. The summed E-state index contributed by atoms with van der Waals surface area (Å²) in [7, 11) is 0. The number of nitro groups is 1. The molecule has 0 unspecified atom stereocenters. The van der Waals surface area contributed by atoms with Gasteiger partial charge in [-0.25, -0.2) is 0 Å². The highest BCUT2D eigenvalue weighted by Gasteiger charge is 2.02. The van der Waals surface area contributed by atoms with Crippen molar-refractivity contribution in [3.63, 3.8) is 0 Å². The lowest BCUT2D eigenvalue weighted by atomic mass is 10.2. The number of allylic oxidation sites excluding steroid dienone is 13. The highest BCUT2D eigenvalue weighted by atomic mass is 16.6. The molecular formula is C22H28NO3. The average molecular weight is 354 g/mol. The highest BCUT2D eigenvalue weighted by molar-refractivity contribution is 5.50. The molecule has 0 spiro atoms. The Morgan fingerprint density at radius 2 is 1.54 bits per heavy atom. The van der Waals surface area contributed by atoms with Gasteiger partial charge in [-0.1, -0.05) is 73.8 Å². The Morgan fingerprint density at radius 3 is 2.23 bits per heavy atom. The molecule has 26 heavy (non-hydrogen) atoms. The summed E-state index contributed by atoms with van der Waals surface area (Å²) in [5.74, 6) is 0. The molecule has 0 aromatic rings. The van der Waals surface area contributed by atoms with E-state index in [0.717, 1.165) is 19.3 Å². The molecule has 0 aromatic carbocycles. The summed E-state index contributed by atoms with van der Waals surface area (Å²) in [5.41, 5.74) is 0.0546. The molecule has 139 valence electrons. The van der Waals surface area contributed by atoms with Gasteiger partial charge < -0.3 is 0 Å². The van der Waals surface area contributed by atoms with Crippen LogP contribution in [0.25, 0.3) is 0 Å². The first-order valence-electron chi connectivity index (χ1n) is 8.86. The fraction of sp³-hybridized carbons (Fsp3) is 0.318. The van der Waals surface area contributed by atoms with Crippen molar-refractivity contribution < 1.29 is 9.72 Å². The third-order valence-corrected chi connectivity index (χ3v) is 3.09. The predicted octanol–water partition coefficient (Wildman–Crippen LogP) is 5.95. The van der Waals surface area contributed by atoms with Crippen LogP contribution in [0.2, 0.25) is 0 Å². The summed E-state index contributed by atoms with van der Waals surface area (Å²) in [4.78, 5) is 20.6. The van der Waals surface area contributed by atoms with Gasteiger partial charge in [0.25, 0.3) is 5.70 Å². The van der Waals surface area contributed by atoms with E-state index in [1.807, 2.05) is 42.7 Å². The molecule has 1 radical (unpaired) electrons. The number of hydrogen-bond donors (Lipinski definition) is 0. The summed E-state index contributed by atoms with van der Waals surface area (Å²) in [6.07, 6.45) is 30.4. The van der Waals surface area contributed by atoms with E-state index in [0.29, 0.717) is 19.3 Å². The number of nitrogens with zero attached hydrogens (tertiary/aromatic N) is 1. The molecule has 0 N–H and O–H groups in total. The summed E-state index contributed by atoms with van der Waals surface area (Å²) < 4.78 is 0. The van der Waals surface area contributed by atoms with Crippen LogP contribution in [-0.2, 0) is 4.79 Å². The van der Waals surface area contributed by atoms with E-state index >= 15 is 0 Å². The van der Waals surface area contributed by atoms with E-state index in [9.17, 15) is 14.9 Å². The minimum atomic E-state index is -0.398. The minimum absolute atomic E-state index is 0.0546. The van der Waals surface area contributed by atoms with E-state index in [1.165, 1.54) is 12.2 Å². The Balaban J connectivity index is 4.28. The van der Waals surface area contributed by atoms with Crippen molar-refractivity contribution in [3.05, 3.63) is 94.8 Å². The molecule has 0 bridgehead atoms. The number of hydrogen-bond acceptors (Lipinski definition) is 3. The molecule has 0 heterocycles. The molecule has 4 nitrogen and oxygen atoms in total. The first kappa shape index (κ1) is 23.2. The topological polar surface area (TPSA) is 60.2 Å². The predicted molar refractivity (Wildman–Crippen MR) is 109 cm³/mol. The maximum Gasteiger partial charge on any atom is 0.269 e. The monoisotopic (exact) mass is 354 g/mol. The van der Waals surface area contributed by atoms with Gasteiger partial charge in [0.05, 0.1) is 4.92 Å². The van der Waals surface area contributed by atoms with Crippen molar-refractivity contribution in [3.8, 4) is 0 Å². The first-order chi connectivity index (χ1) is 12.7. The van der Waals surface area contributed by atoms with Gasteiger partial charge in [-0.05, 0) is 32.1 Å². The van der Waals surface area contributed by atoms with Gasteiger partial charge in [-0.2, -0.15) is 0 Å². The van der Waals surface area contributed by atoms with Crippen molar-refractivity contribution in [2.24, 2.45) is 0 Å². The SMILES string of the molecule is CC/C=C/C/C=C/C/C=C/C(=C/C=C/C=C/C/C=C/CC[C]=O)[N+](=O)[O-]. The van der Waals surface area contributed by atoms with Gasteiger partial charge in [-0.3, -0.25) is 14.9 Å². The van der Waals surface area contributed by atoms with Crippen molar-refractivity contribution in [2.45, 2.75) is 45.4 Å². The zero-order valence-corrected chi connectivity index (χ0v) is 15.4. The van der Waals surface area contributed by atoms with Crippen LogP contribution < -0.4 is 0 Å². The highest BCUT2D eigenvalue weighted by Crippen LogP contribution is 2.01. The molecule has 0 saturated carbocycles. The molecule has 4 heteroatoms. The van der Waals surface area contributed by atoms with Crippen LogP contribution >= 0.6 is 0 Å². The zero-order chi connectivity index (χ0) is 19.3. The first-order valence-corrected chi connectivity index (χ1v) is 8.86. The fourth-order valence-corrected chi connectivity index (χ4v) is 1.79. The van der Waals surface area contributed by atoms with Crippen LogP contribution in [0, 0.1) is 10.1 Å². The molecule has 0 rings (SSSR count). The quantitative estimate of drug-likeness (QED) is 0.127. The van der Waals surface area contributed by atoms with E-state index in [2.05, 4.69) is 19.1 Å². The van der Waals surface area contributed by atoms with Crippen LogP contribution in [0.5, 0.6) is 0 Å². The van der Waals surface area contributed by atoms with Gasteiger partial charge >= 0.3 is 0 Å². The van der Waals surface area contributed by atoms with Gasteiger partial charge in [0, 0.05) is 18.6 Å². The molecule has 0 aliphatic carbocycles. The number of unbranched alkanes of at least 4 members (excludes halogenated alkanes) is 1. The molecule has 0 aliphatic heterocycles. The Labute approximate surface area is 156 Å². The molecule has 0 aliphatic rings. The van der Waals surface area contributed by atoms with E-state index in [4.69, 9.17) is 0 Å². The van der Waals surface area contributed by atoms with Crippen molar-refractivity contribution in [1.82, 2.24) is 0 Å². The Hall–Kier alpha value is -2.75. The van der Waals surface area contributed by atoms with Crippen LogP contribution in [0.15, 0.2) is 84.7 Å². The van der Waals surface area contributed by atoms with Gasteiger partial charge in [0.15, 0.2) is 6.29 Å². The van der Waals surface area contributed by atoms with Crippen LogP contribution in [0.4, 0.5) is 0 Å². The van der Waals surface area contributed by atoms with Crippen LogP contribution in [-0.4, -0.2) is 11.2 Å². The second kappa shape index (κ2) is 18.6. The maximum atomic E-state index is 11.0. The maximum absolute atomic E-state index is 11.0. The van der Waals surface area contributed by atoms with Gasteiger partial charge in [-0.15, -0.1) is 0 Å². The Kier molecular flexibility index (Phi) is 16.6.